The summed E-state index contributed by atoms with van der Waals surface area (Å²) in [7, 11) is 0. The third-order valence-corrected chi connectivity index (χ3v) is 6.80. The molecule has 0 aliphatic heterocycles. The summed E-state index contributed by atoms with van der Waals surface area (Å²) in [5, 5.41) is 16.2. The molecular weight excluding hydrogens is 485 g/mol. The zero-order valence-electron chi connectivity index (χ0n) is 20.2. The molecule has 7 N–H and O–H groups in total. The van der Waals surface area contributed by atoms with Crippen LogP contribution >= 0.6 is 0 Å². The van der Waals surface area contributed by atoms with Crippen LogP contribution in [-0.2, 0) is 12.1 Å². The molecule has 1 heterocycles. The average molecular weight is 510 g/mol. The minimum atomic E-state index is -0.691. The topological polar surface area (TPSA) is 166 Å². The summed E-state index contributed by atoms with van der Waals surface area (Å²) in [5.41, 5.74) is 20.4. The van der Waals surface area contributed by atoms with Crippen molar-refractivity contribution in [3.8, 4) is 11.8 Å². The first kappa shape index (κ1) is 24.8. The number of hydrogen-bond acceptors (Lipinski definition) is 6. The van der Waals surface area contributed by atoms with Gasteiger partial charge in [0.05, 0.1) is 11.4 Å². The van der Waals surface area contributed by atoms with Gasteiger partial charge in [-0.3, -0.25) is 9.59 Å². The SMILES string of the molecule is N#Cc1cc(C(=O)Nc2cc(C3CC3(N)c3ccc(C(N)=O)cc3)ccc2F)n(-c2cccc(CN)c2)n1. The second-order valence-corrected chi connectivity index (χ2v) is 9.24. The molecule has 38 heavy (non-hydrogen) atoms. The Bertz CT molecular complexity index is 1610. The Kier molecular flexibility index (Phi) is 6.24. The van der Waals surface area contributed by atoms with Crippen molar-refractivity contribution >= 4 is 17.5 Å². The van der Waals surface area contributed by atoms with Gasteiger partial charge < -0.3 is 22.5 Å². The summed E-state index contributed by atoms with van der Waals surface area (Å²) in [6, 6.07) is 21.6. The van der Waals surface area contributed by atoms with E-state index in [-0.39, 0.29) is 23.0 Å². The van der Waals surface area contributed by atoms with Gasteiger partial charge in [0, 0.05) is 29.6 Å². The molecule has 1 saturated carbocycles. The number of nitriles is 1. The molecule has 1 fully saturated rings. The third-order valence-electron chi connectivity index (χ3n) is 6.80. The highest BCUT2D eigenvalue weighted by atomic mass is 19.1. The van der Waals surface area contributed by atoms with E-state index < -0.39 is 23.2 Å². The first-order valence-electron chi connectivity index (χ1n) is 11.8. The van der Waals surface area contributed by atoms with Crippen LogP contribution < -0.4 is 22.5 Å². The fourth-order valence-electron chi connectivity index (χ4n) is 4.61. The molecule has 1 aliphatic rings. The summed E-state index contributed by atoms with van der Waals surface area (Å²) in [6.45, 7) is 0.291. The Hall–Kier alpha value is -4.85. The van der Waals surface area contributed by atoms with Crippen LogP contribution in [0.3, 0.4) is 0 Å². The molecule has 2 unspecified atom stereocenters. The van der Waals surface area contributed by atoms with E-state index in [4.69, 9.17) is 17.2 Å². The summed E-state index contributed by atoms with van der Waals surface area (Å²) < 4.78 is 16.1. The number of primary amides is 1. The smallest absolute Gasteiger partial charge is 0.274 e. The van der Waals surface area contributed by atoms with Gasteiger partial charge in [0.25, 0.3) is 5.91 Å². The highest BCUT2D eigenvalue weighted by molar-refractivity contribution is 6.03. The summed E-state index contributed by atoms with van der Waals surface area (Å²) in [5.74, 6) is -1.89. The van der Waals surface area contributed by atoms with Gasteiger partial charge in [0.2, 0.25) is 5.91 Å². The van der Waals surface area contributed by atoms with Gasteiger partial charge in [-0.2, -0.15) is 10.4 Å². The van der Waals surface area contributed by atoms with E-state index in [1.807, 2.05) is 12.1 Å². The Morgan fingerprint density at radius 1 is 1.13 bits per heavy atom. The van der Waals surface area contributed by atoms with E-state index in [2.05, 4.69) is 10.4 Å². The summed E-state index contributed by atoms with van der Waals surface area (Å²) >= 11 is 0. The summed E-state index contributed by atoms with van der Waals surface area (Å²) in [4.78, 5) is 24.6. The zero-order chi connectivity index (χ0) is 27.0. The molecule has 0 bridgehead atoms. The molecule has 2 amide bonds. The number of aromatic nitrogens is 2. The standard InChI is InChI=1S/C28H24FN7O2/c29-23-9-6-18(22-13-28(22,33)19-7-4-17(5-8-19)26(32)37)11-24(23)34-27(38)25-12-20(15-31)35-36(25)21-3-1-2-16(10-21)14-30/h1-12,22H,13-14,30,33H2,(H2,32,37)(H,34,38). The molecule has 1 aliphatic carbocycles. The van der Waals surface area contributed by atoms with Gasteiger partial charge in [0.15, 0.2) is 5.69 Å². The van der Waals surface area contributed by atoms with Crippen molar-refractivity contribution in [2.75, 3.05) is 5.32 Å². The number of nitrogens with zero attached hydrogens (tertiary/aromatic N) is 3. The number of rotatable bonds is 7. The van der Waals surface area contributed by atoms with Crippen molar-refractivity contribution in [2.24, 2.45) is 17.2 Å². The maximum absolute atomic E-state index is 14.8. The monoisotopic (exact) mass is 509 g/mol. The minimum Gasteiger partial charge on any atom is -0.366 e. The molecular formula is C28H24FN7O2. The van der Waals surface area contributed by atoms with Crippen LogP contribution in [0.25, 0.3) is 5.69 Å². The van der Waals surface area contributed by atoms with Crippen LogP contribution in [0.15, 0.2) is 72.8 Å². The highest BCUT2D eigenvalue weighted by Crippen LogP contribution is 2.56. The van der Waals surface area contributed by atoms with Gasteiger partial charge in [0.1, 0.15) is 17.6 Å². The molecule has 10 heteroatoms. The second-order valence-electron chi connectivity index (χ2n) is 9.24. The predicted octanol–water partition coefficient (Wildman–Crippen LogP) is 3.03. The van der Waals surface area contributed by atoms with Crippen molar-refractivity contribution in [2.45, 2.75) is 24.4 Å². The number of amides is 2. The molecule has 9 nitrogen and oxygen atoms in total. The molecule has 1 aromatic heterocycles. The Morgan fingerprint density at radius 2 is 1.89 bits per heavy atom. The number of carbonyl (C=O) groups is 2. The first-order valence-corrected chi connectivity index (χ1v) is 11.8. The maximum Gasteiger partial charge on any atom is 0.274 e. The minimum absolute atomic E-state index is 0.0206. The van der Waals surface area contributed by atoms with Crippen molar-refractivity contribution in [3.05, 3.63) is 112 Å². The molecule has 0 radical (unpaired) electrons. The van der Waals surface area contributed by atoms with E-state index in [0.717, 1.165) is 16.7 Å². The number of anilines is 1. The van der Waals surface area contributed by atoms with Gasteiger partial charge in [-0.25, -0.2) is 9.07 Å². The quantitative estimate of drug-likeness (QED) is 0.299. The molecule has 0 spiro atoms. The fourth-order valence-corrected chi connectivity index (χ4v) is 4.61. The van der Waals surface area contributed by atoms with Gasteiger partial charge in [-0.15, -0.1) is 0 Å². The molecule has 0 saturated heterocycles. The first-order chi connectivity index (χ1) is 18.2. The van der Waals surface area contributed by atoms with E-state index in [9.17, 15) is 19.2 Å². The third kappa shape index (κ3) is 4.52. The van der Waals surface area contributed by atoms with Gasteiger partial charge >= 0.3 is 0 Å². The van der Waals surface area contributed by atoms with Crippen LogP contribution in [0.2, 0.25) is 0 Å². The van der Waals surface area contributed by atoms with E-state index in [1.54, 1.807) is 54.6 Å². The lowest BCUT2D eigenvalue weighted by molar-refractivity contribution is 0.0996. The number of benzene rings is 3. The highest BCUT2D eigenvalue weighted by Gasteiger charge is 2.53. The second kappa shape index (κ2) is 9.55. The van der Waals surface area contributed by atoms with Crippen molar-refractivity contribution in [1.29, 1.82) is 5.26 Å². The van der Waals surface area contributed by atoms with Crippen LogP contribution in [0.5, 0.6) is 0 Å². The molecule has 5 rings (SSSR count). The maximum atomic E-state index is 14.8. The number of hydrogen-bond donors (Lipinski definition) is 4. The van der Waals surface area contributed by atoms with Crippen LogP contribution in [-0.4, -0.2) is 21.6 Å². The Labute approximate surface area is 217 Å². The van der Waals surface area contributed by atoms with Crippen molar-refractivity contribution < 1.29 is 14.0 Å². The lowest BCUT2D eigenvalue weighted by Crippen LogP contribution is -2.22. The number of halogens is 1. The van der Waals surface area contributed by atoms with Gasteiger partial charge in [-0.1, -0.05) is 30.3 Å². The van der Waals surface area contributed by atoms with Crippen molar-refractivity contribution in [1.82, 2.24) is 9.78 Å². The number of nitrogens with two attached hydrogens (primary N) is 3. The number of carbonyl (C=O) groups excluding carboxylic acids is 2. The lowest BCUT2D eigenvalue weighted by Gasteiger charge is -2.14. The lowest BCUT2D eigenvalue weighted by atomic mass is 9.98. The Balaban J connectivity index is 1.41. The zero-order valence-corrected chi connectivity index (χ0v) is 20.2. The van der Waals surface area contributed by atoms with Crippen LogP contribution in [0, 0.1) is 17.1 Å². The van der Waals surface area contributed by atoms with E-state index in [0.29, 0.717) is 24.2 Å². The molecule has 4 aromatic rings. The predicted molar refractivity (Wildman–Crippen MR) is 139 cm³/mol. The molecule has 190 valence electrons. The van der Waals surface area contributed by atoms with Crippen LogP contribution in [0.1, 0.15) is 55.6 Å². The van der Waals surface area contributed by atoms with Gasteiger partial charge in [-0.05, 0) is 59.5 Å². The fraction of sp³-hybridized carbons (Fsp3) is 0.143. The van der Waals surface area contributed by atoms with E-state index >= 15 is 0 Å². The van der Waals surface area contributed by atoms with Crippen LogP contribution in [0.4, 0.5) is 10.1 Å². The number of nitrogens with one attached hydrogen (secondary N) is 1. The molecule has 2 atom stereocenters. The average Bonchev–Trinajstić information content (AvgIpc) is 3.43. The van der Waals surface area contributed by atoms with Crippen molar-refractivity contribution in [3.63, 3.8) is 0 Å². The summed E-state index contributed by atoms with van der Waals surface area (Å²) in [6.07, 6.45) is 0.609. The molecule has 3 aromatic carbocycles. The Morgan fingerprint density at radius 3 is 2.58 bits per heavy atom. The normalized spacial score (nSPS) is 18.0. The van der Waals surface area contributed by atoms with E-state index in [1.165, 1.54) is 16.8 Å². The largest absolute Gasteiger partial charge is 0.366 e.